The molecule has 1 aliphatic heterocycles. The van der Waals surface area contributed by atoms with E-state index in [2.05, 4.69) is 72.9 Å². The summed E-state index contributed by atoms with van der Waals surface area (Å²) < 4.78 is 2.29. The van der Waals surface area contributed by atoms with Crippen molar-refractivity contribution in [2.45, 2.75) is 13.3 Å². The first-order valence-corrected chi connectivity index (χ1v) is 7.95. The molecule has 114 valence electrons. The Labute approximate surface area is 136 Å². The Morgan fingerprint density at radius 1 is 1.13 bits per heavy atom. The van der Waals surface area contributed by atoms with E-state index in [1.54, 1.807) is 0 Å². The summed E-state index contributed by atoms with van der Waals surface area (Å²) in [5, 5.41) is 4.94. The lowest BCUT2D eigenvalue weighted by atomic mass is 9.95. The highest BCUT2D eigenvalue weighted by molar-refractivity contribution is 6.02. The summed E-state index contributed by atoms with van der Waals surface area (Å²) in [5.74, 6) is 0. The van der Waals surface area contributed by atoms with E-state index < -0.39 is 0 Å². The number of para-hydroxylation sites is 1. The number of nitrogens with one attached hydrogen (secondary N) is 1. The van der Waals surface area contributed by atoms with Gasteiger partial charge in [-0.3, -0.25) is 0 Å². The zero-order valence-electron chi connectivity index (χ0n) is 13.6. The number of benzene rings is 2. The predicted molar refractivity (Wildman–Crippen MR) is 99.4 cm³/mol. The number of rotatable bonds is 2. The zero-order valence-corrected chi connectivity index (χ0v) is 13.6. The molecule has 0 amide bonds. The van der Waals surface area contributed by atoms with E-state index in [9.17, 15) is 0 Å². The van der Waals surface area contributed by atoms with Crippen molar-refractivity contribution in [3.05, 3.63) is 77.5 Å². The van der Waals surface area contributed by atoms with Gasteiger partial charge >= 0.3 is 0 Å². The van der Waals surface area contributed by atoms with Crippen molar-refractivity contribution >= 4 is 28.4 Å². The maximum Gasteiger partial charge on any atom is 0.0728 e. The molecule has 4 rings (SSSR count). The van der Waals surface area contributed by atoms with Gasteiger partial charge in [0.25, 0.3) is 0 Å². The first kappa shape index (κ1) is 13.9. The van der Waals surface area contributed by atoms with Gasteiger partial charge in [-0.25, -0.2) is 0 Å². The minimum Gasteiger partial charge on any atom is -0.353 e. The second kappa shape index (κ2) is 5.17. The molecule has 0 radical (unpaired) electrons. The van der Waals surface area contributed by atoms with Crippen LogP contribution in [-0.4, -0.2) is 4.57 Å². The fraction of sp³-hybridized carbons (Fsp3) is 0.143. The van der Waals surface area contributed by atoms with Crippen LogP contribution >= 0.6 is 0 Å². The molecule has 23 heavy (non-hydrogen) atoms. The van der Waals surface area contributed by atoms with Crippen molar-refractivity contribution in [1.29, 1.82) is 0 Å². The number of nitrogens with zero attached hydrogens (tertiary/aromatic N) is 1. The van der Waals surface area contributed by atoms with Gasteiger partial charge in [-0.2, -0.15) is 0 Å². The number of allylic oxidation sites excluding steroid dienone is 2. The lowest BCUT2D eigenvalue weighted by Gasteiger charge is -2.22. The van der Waals surface area contributed by atoms with Gasteiger partial charge < -0.3 is 9.88 Å². The third-order valence-corrected chi connectivity index (χ3v) is 4.84. The first-order valence-electron chi connectivity index (χ1n) is 7.95. The van der Waals surface area contributed by atoms with Gasteiger partial charge in [0.15, 0.2) is 0 Å². The van der Waals surface area contributed by atoms with Crippen molar-refractivity contribution in [3.63, 3.8) is 0 Å². The van der Waals surface area contributed by atoms with E-state index in [0.29, 0.717) is 0 Å². The predicted octanol–water partition coefficient (Wildman–Crippen LogP) is 5.33. The second-order valence-electron chi connectivity index (χ2n) is 6.11. The van der Waals surface area contributed by atoms with Crippen LogP contribution in [0.3, 0.4) is 0 Å². The van der Waals surface area contributed by atoms with Crippen LogP contribution in [0.4, 0.5) is 11.4 Å². The number of hydrogen-bond donors (Lipinski definition) is 1. The van der Waals surface area contributed by atoms with Crippen LogP contribution in [0.15, 0.2) is 55.1 Å². The molecule has 0 bridgehead atoms. The van der Waals surface area contributed by atoms with Crippen molar-refractivity contribution in [2.24, 2.45) is 7.05 Å². The third-order valence-electron chi connectivity index (χ3n) is 4.84. The molecule has 0 saturated heterocycles. The van der Waals surface area contributed by atoms with Crippen LogP contribution in [0.25, 0.3) is 17.0 Å². The molecule has 2 heterocycles. The molecular weight excluding hydrogens is 280 g/mol. The summed E-state index contributed by atoms with van der Waals surface area (Å²) in [6.45, 7) is 5.95. The molecule has 0 atom stereocenters. The van der Waals surface area contributed by atoms with Crippen LogP contribution in [-0.2, 0) is 13.5 Å². The van der Waals surface area contributed by atoms with Crippen molar-refractivity contribution in [2.75, 3.05) is 5.32 Å². The van der Waals surface area contributed by atoms with Crippen LogP contribution in [0.5, 0.6) is 0 Å². The molecule has 2 aromatic carbocycles. The normalized spacial score (nSPS) is 13.0. The van der Waals surface area contributed by atoms with Crippen molar-refractivity contribution in [3.8, 4) is 0 Å². The first-order chi connectivity index (χ1) is 11.2. The van der Waals surface area contributed by atoms with E-state index in [0.717, 1.165) is 6.42 Å². The molecule has 1 aliphatic rings. The quantitative estimate of drug-likeness (QED) is 0.495. The maximum absolute atomic E-state index is 3.78. The Morgan fingerprint density at radius 3 is 2.78 bits per heavy atom. The lowest BCUT2D eigenvalue weighted by molar-refractivity contribution is 0.915. The molecule has 0 unspecified atom stereocenters. The summed E-state index contributed by atoms with van der Waals surface area (Å²) in [5.41, 5.74) is 8.99. The Hall–Kier alpha value is -2.74. The van der Waals surface area contributed by atoms with Gasteiger partial charge in [0.1, 0.15) is 0 Å². The van der Waals surface area contributed by atoms with Gasteiger partial charge in [0, 0.05) is 35.8 Å². The molecule has 0 fully saturated rings. The Kier molecular flexibility index (Phi) is 3.12. The summed E-state index contributed by atoms with van der Waals surface area (Å²) in [4.78, 5) is 0. The smallest absolute Gasteiger partial charge is 0.0728 e. The van der Waals surface area contributed by atoms with E-state index in [-0.39, 0.29) is 0 Å². The highest BCUT2D eigenvalue weighted by Gasteiger charge is 2.20. The van der Waals surface area contributed by atoms with Gasteiger partial charge in [-0.05, 0) is 24.1 Å². The monoisotopic (exact) mass is 300 g/mol. The highest BCUT2D eigenvalue weighted by Crippen LogP contribution is 2.40. The second-order valence-corrected chi connectivity index (χ2v) is 6.11. The van der Waals surface area contributed by atoms with Crippen LogP contribution in [0.1, 0.15) is 22.4 Å². The van der Waals surface area contributed by atoms with E-state index in [1.807, 2.05) is 12.2 Å². The van der Waals surface area contributed by atoms with Gasteiger partial charge in [0.05, 0.1) is 11.2 Å². The largest absolute Gasteiger partial charge is 0.353 e. The minimum atomic E-state index is 0.983. The highest BCUT2D eigenvalue weighted by atomic mass is 15.0. The average molecular weight is 300 g/mol. The van der Waals surface area contributed by atoms with Crippen LogP contribution < -0.4 is 5.32 Å². The zero-order chi connectivity index (χ0) is 16.0. The summed E-state index contributed by atoms with van der Waals surface area (Å²) >= 11 is 0. The molecule has 1 aromatic heterocycles. The number of aryl methyl sites for hydroxylation is 1. The van der Waals surface area contributed by atoms with E-state index >= 15 is 0 Å². The molecule has 1 N–H and O–H groups in total. The fourth-order valence-corrected chi connectivity index (χ4v) is 3.54. The third kappa shape index (κ3) is 2.02. The maximum atomic E-state index is 3.78. The summed E-state index contributed by atoms with van der Waals surface area (Å²) in [6, 6.07) is 13.1. The number of anilines is 2. The average Bonchev–Trinajstić information content (AvgIpc) is 2.82. The molecule has 2 heteroatoms. The number of fused-ring (bicyclic) bond motifs is 4. The van der Waals surface area contributed by atoms with Crippen LogP contribution in [0, 0.1) is 6.92 Å². The Bertz CT molecular complexity index is 958. The molecule has 0 aliphatic carbocycles. The fourth-order valence-electron chi connectivity index (χ4n) is 3.54. The molecule has 3 aromatic rings. The molecular formula is C21H20N2. The number of aromatic nitrogens is 1. The number of hydrogen-bond acceptors (Lipinski definition) is 1. The molecule has 0 saturated carbocycles. The van der Waals surface area contributed by atoms with Crippen molar-refractivity contribution in [1.82, 2.24) is 4.57 Å². The Morgan fingerprint density at radius 2 is 1.96 bits per heavy atom. The van der Waals surface area contributed by atoms with Gasteiger partial charge in [-0.1, -0.05) is 55.1 Å². The topological polar surface area (TPSA) is 17.0 Å². The minimum absolute atomic E-state index is 0.983. The SMILES string of the molecule is C=C/C=C\c1c(C)n(C)c2c3c(ccc12)Cc1ccccc1N3. The summed E-state index contributed by atoms with van der Waals surface area (Å²) in [7, 11) is 2.14. The van der Waals surface area contributed by atoms with E-state index in [1.165, 1.54) is 44.7 Å². The van der Waals surface area contributed by atoms with Gasteiger partial charge in [-0.15, -0.1) is 0 Å². The molecule has 2 nitrogen and oxygen atoms in total. The van der Waals surface area contributed by atoms with Gasteiger partial charge in [0.2, 0.25) is 0 Å². The van der Waals surface area contributed by atoms with Crippen LogP contribution in [0.2, 0.25) is 0 Å². The molecule has 0 spiro atoms. The Balaban J connectivity index is 1.98. The lowest BCUT2D eigenvalue weighted by Crippen LogP contribution is -2.08. The standard InChI is InChI=1S/C21H20N2/c1-4-5-9-17-14(2)23(3)21-18(17)12-11-16-13-15-8-6-7-10-19(15)22-20(16)21/h4-12,22H,1,13H2,2-3H3/b9-5-. The van der Waals surface area contributed by atoms with Crippen molar-refractivity contribution < 1.29 is 0 Å². The summed E-state index contributed by atoms with van der Waals surface area (Å²) in [6.07, 6.45) is 6.96. The van der Waals surface area contributed by atoms with E-state index in [4.69, 9.17) is 0 Å².